The van der Waals surface area contributed by atoms with E-state index in [0.29, 0.717) is 36.3 Å². The van der Waals surface area contributed by atoms with Crippen LogP contribution in [0.15, 0.2) is 34.2 Å². The first-order valence-electron chi connectivity index (χ1n) is 11.6. The summed E-state index contributed by atoms with van der Waals surface area (Å²) in [6, 6.07) is 3.12. The minimum Gasteiger partial charge on any atom is -0.511 e. The lowest BCUT2D eigenvalue weighted by Gasteiger charge is -2.41. The summed E-state index contributed by atoms with van der Waals surface area (Å²) in [5, 5.41) is 39.0. The van der Waals surface area contributed by atoms with Crippen LogP contribution in [0.5, 0.6) is 5.75 Å². The monoisotopic (exact) mass is 506 g/mol. The van der Waals surface area contributed by atoms with Gasteiger partial charge in [-0.25, -0.2) is 0 Å². The third-order valence-corrected chi connectivity index (χ3v) is 6.60. The number of aliphatic hydroxyl groups is 2. The van der Waals surface area contributed by atoms with Crippen molar-refractivity contribution in [1.82, 2.24) is 5.32 Å². The highest BCUT2D eigenvalue weighted by Crippen LogP contribution is 2.50. The molecule has 0 heterocycles. The zero-order chi connectivity index (χ0) is 26.0. The topological polar surface area (TPSA) is 177 Å². The smallest absolute Gasteiger partial charge is 0.173 e. The summed E-state index contributed by atoms with van der Waals surface area (Å²) >= 11 is 0. The predicted octanol–water partition coefficient (Wildman–Crippen LogP) is 2.68. The summed E-state index contributed by atoms with van der Waals surface area (Å²) in [6.07, 6.45) is 0.724. The Labute approximate surface area is 212 Å². The quantitative estimate of drug-likeness (QED) is 0.273. The second kappa shape index (κ2) is 11.5. The van der Waals surface area contributed by atoms with Crippen molar-refractivity contribution >= 4 is 28.8 Å². The largest absolute Gasteiger partial charge is 0.511 e. The number of ketones is 3. The van der Waals surface area contributed by atoms with E-state index in [-0.39, 0.29) is 43.0 Å². The molecule has 1 aromatic rings. The Bertz CT molecular complexity index is 1180. The Balaban J connectivity index is 0.00000218. The number of carbonyl (C=O) groups is 3. The van der Waals surface area contributed by atoms with Gasteiger partial charge in [0, 0.05) is 20.4 Å². The van der Waals surface area contributed by atoms with Gasteiger partial charge in [0.25, 0.3) is 0 Å². The highest BCUT2D eigenvalue weighted by atomic mass is 16.6. The first kappa shape index (κ1) is 28.7. The van der Waals surface area contributed by atoms with Crippen LogP contribution in [0.4, 0.5) is 0 Å². The molecule has 200 valence electrons. The van der Waals surface area contributed by atoms with Gasteiger partial charge in [-0.1, -0.05) is 5.16 Å². The van der Waals surface area contributed by atoms with Crippen LogP contribution in [-0.2, 0) is 25.6 Å². The van der Waals surface area contributed by atoms with Crippen molar-refractivity contribution in [1.29, 1.82) is 0 Å². The van der Waals surface area contributed by atoms with Crippen molar-refractivity contribution < 1.29 is 42.9 Å². The molecule has 1 fully saturated rings. The summed E-state index contributed by atoms with van der Waals surface area (Å²) in [5.74, 6) is -4.47. The Morgan fingerprint density at radius 1 is 1.17 bits per heavy atom. The molecule has 0 spiro atoms. The number of allylic oxidation sites excluding steroid dienone is 3. The Morgan fingerprint density at radius 2 is 1.81 bits per heavy atom. The number of fused-ring (bicyclic) bond motifs is 3. The molecule has 0 bridgehead atoms. The number of hydrogen-bond acceptors (Lipinski definition) is 9. The Morgan fingerprint density at radius 3 is 2.39 bits per heavy atom. The summed E-state index contributed by atoms with van der Waals surface area (Å²) in [5.41, 5.74) is 1.85. The number of hydrogen-bond donors (Lipinski definition) is 4. The average Bonchev–Trinajstić information content (AvgIpc) is 2.77. The molecule has 1 saturated carbocycles. The van der Waals surface area contributed by atoms with Gasteiger partial charge in [0.15, 0.2) is 17.3 Å². The molecule has 10 heteroatoms. The van der Waals surface area contributed by atoms with E-state index in [2.05, 4.69) is 10.5 Å². The van der Waals surface area contributed by atoms with E-state index in [4.69, 9.17) is 4.84 Å². The van der Waals surface area contributed by atoms with E-state index in [1.54, 1.807) is 19.9 Å². The van der Waals surface area contributed by atoms with Crippen LogP contribution >= 0.6 is 0 Å². The average molecular weight is 507 g/mol. The van der Waals surface area contributed by atoms with Crippen molar-refractivity contribution in [3.8, 4) is 5.75 Å². The molecule has 0 aromatic heterocycles. The molecule has 3 aliphatic carbocycles. The van der Waals surface area contributed by atoms with Crippen LogP contribution in [0.2, 0.25) is 0 Å². The summed E-state index contributed by atoms with van der Waals surface area (Å²) in [6.45, 7) is 5.13. The molecule has 36 heavy (non-hydrogen) atoms. The molecule has 0 amide bonds. The number of nitrogens with one attached hydrogen (secondary N) is 1. The van der Waals surface area contributed by atoms with Gasteiger partial charge in [0.05, 0.1) is 22.8 Å². The molecule has 3 aliphatic rings. The van der Waals surface area contributed by atoms with Crippen molar-refractivity contribution in [2.24, 2.45) is 22.9 Å². The number of carbonyl (C=O) groups excluding carboxylic acids is 3. The van der Waals surface area contributed by atoms with E-state index in [9.17, 15) is 29.7 Å². The maximum atomic E-state index is 13.4. The maximum absolute atomic E-state index is 13.4. The fourth-order valence-corrected chi connectivity index (χ4v) is 5.30. The normalized spacial score (nSPS) is 23.0. The second-order valence-corrected chi connectivity index (χ2v) is 9.03. The lowest BCUT2D eigenvalue weighted by molar-refractivity contribution is -0.127. The predicted molar refractivity (Wildman–Crippen MR) is 138 cm³/mol. The lowest BCUT2D eigenvalue weighted by Crippen LogP contribution is -2.43. The van der Waals surface area contributed by atoms with Crippen LogP contribution in [0, 0.1) is 17.8 Å². The lowest BCUT2D eigenvalue weighted by atomic mass is 9.61. The molecule has 1 aromatic carbocycles. The van der Waals surface area contributed by atoms with Gasteiger partial charge in [0.2, 0.25) is 0 Å². The first-order chi connectivity index (χ1) is 16.6. The zero-order valence-corrected chi connectivity index (χ0v) is 21.1. The molecular weight excluding hydrogens is 468 g/mol. The number of phenolic OH excluding ortho intramolecular Hbond substituents is 1. The molecule has 0 radical (unpaired) electrons. The SMILES string of the molecule is CCO/N=C(\C)c1ccc(O)c2c1CC1CC3CC(=O)C(C(C)=O)=C(O)C3C(=O)C1=C2O.CNC.O.[HH].[HH]. The van der Waals surface area contributed by atoms with Crippen molar-refractivity contribution in [3.05, 3.63) is 45.7 Å². The van der Waals surface area contributed by atoms with Gasteiger partial charge < -0.3 is 31.0 Å². The summed E-state index contributed by atoms with van der Waals surface area (Å²) in [7, 11) is 3.75. The van der Waals surface area contributed by atoms with Crippen LogP contribution < -0.4 is 5.32 Å². The Hall–Kier alpha value is -3.50. The fourth-order valence-electron chi connectivity index (χ4n) is 5.30. The first-order valence-corrected chi connectivity index (χ1v) is 11.6. The van der Waals surface area contributed by atoms with Crippen molar-refractivity contribution in [2.45, 2.75) is 40.0 Å². The minimum atomic E-state index is -1.05. The van der Waals surface area contributed by atoms with E-state index in [1.807, 2.05) is 14.1 Å². The van der Waals surface area contributed by atoms with E-state index in [0.717, 1.165) is 0 Å². The van der Waals surface area contributed by atoms with E-state index >= 15 is 0 Å². The molecule has 3 unspecified atom stereocenters. The highest BCUT2D eigenvalue weighted by molar-refractivity contribution is 6.22. The van der Waals surface area contributed by atoms with Gasteiger partial charge in [-0.2, -0.15) is 0 Å². The molecular formula is C26H38N2O8. The number of phenols is 1. The third-order valence-electron chi connectivity index (χ3n) is 6.60. The third kappa shape index (κ3) is 4.91. The van der Waals surface area contributed by atoms with Crippen LogP contribution in [0.25, 0.3) is 5.76 Å². The van der Waals surface area contributed by atoms with Crippen LogP contribution in [-0.4, -0.2) is 64.6 Å². The number of benzene rings is 1. The molecule has 6 N–H and O–H groups in total. The fraction of sp³-hybridized carbons (Fsp3) is 0.462. The standard InChI is InChI=1S/C24H25NO7.C2H7N.H2O.2H2/c1-4-32-25-10(2)14-5-6-16(27)21-15(14)8-12-7-13-9-17(28)18(11(3)26)22(29)20(13)23(30)19(12)24(21)31;1-3-2;;;/h5-6,12-13,20,27,29,31H,4,7-9H2,1-3H3;3H,1-2H3;1H2;2*1H/b25-10+;;;;. The van der Waals surface area contributed by atoms with Crippen molar-refractivity contribution in [2.75, 3.05) is 20.7 Å². The van der Waals surface area contributed by atoms with E-state index < -0.39 is 40.9 Å². The number of aromatic hydroxyl groups is 1. The summed E-state index contributed by atoms with van der Waals surface area (Å²) in [4.78, 5) is 42.9. The number of nitrogens with zero attached hydrogens (tertiary/aromatic N) is 1. The number of aliphatic hydroxyl groups excluding tert-OH is 2. The van der Waals surface area contributed by atoms with Crippen LogP contribution in [0.1, 0.15) is 53.2 Å². The summed E-state index contributed by atoms with van der Waals surface area (Å²) < 4.78 is 0. The second-order valence-electron chi connectivity index (χ2n) is 9.03. The molecule has 0 aliphatic heterocycles. The molecule has 0 saturated heterocycles. The minimum absolute atomic E-state index is 0. The molecule has 3 atom stereocenters. The number of oxime groups is 1. The molecule has 4 rings (SSSR count). The van der Waals surface area contributed by atoms with Gasteiger partial charge in [-0.3, -0.25) is 14.4 Å². The van der Waals surface area contributed by atoms with E-state index in [1.165, 1.54) is 13.0 Å². The van der Waals surface area contributed by atoms with Gasteiger partial charge in [-0.15, -0.1) is 0 Å². The Kier molecular flexibility index (Phi) is 9.17. The van der Waals surface area contributed by atoms with Gasteiger partial charge in [-0.05, 0) is 77.2 Å². The van der Waals surface area contributed by atoms with Crippen molar-refractivity contribution in [3.63, 3.8) is 0 Å². The number of Topliss-reactive ketones (excluding diaryl/α,β-unsaturated/α-hetero) is 3. The maximum Gasteiger partial charge on any atom is 0.173 e. The highest BCUT2D eigenvalue weighted by Gasteiger charge is 2.50. The van der Waals surface area contributed by atoms with Gasteiger partial charge >= 0.3 is 0 Å². The zero-order valence-electron chi connectivity index (χ0n) is 21.1. The van der Waals surface area contributed by atoms with Crippen LogP contribution in [0.3, 0.4) is 0 Å². The molecule has 10 nitrogen and oxygen atoms in total. The van der Waals surface area contributed by atoms with Gasteiger partial charge in [0.1, 0.15) is 23.9 Å². The number of rotatable bonds is 4.